The van der Waals surface area contributed by atoms with Crippen LogP contribution >= 0.6 is 0 Å². The first kappa shape index (κ1) is 20.7. The molecule has 10 heteroatoms. The lowest BCUT2D eigenvalue weighted by atomic mass is 10.2. The second-order valence-electron chi connectivity index (χ2n) is 6.84. The Morgan fingerprint density at radius 1 is 1.10 bits per heavy atom. The summed E-state index contributed by atoms with van der Waals surface area (Å²) in [5, 5.41) is 13.2. The lowest BCUT2D eigenvalue weighted by Gasteiger charge is -2.35. The van der Waals surface area contributed by atoms with Gasteiger partial charge in [-0.15, -0.1) is 0 Å². The van der Waals surface area contributed by atoms with Crippen molar-refractivity contribution in [2.75, 3.05) is 42.1 Å². The standard InChI is InChI=1S/C19H22N4O5S/c1-15-4-2-6-17(12-15)21-8-10-22(11-9-21)29(27,28)14-19(24)20-16-5-3-7-18(13-16)23(25)26/h2-7,12-13H,8-11,14H2,1H3,(H,20,24). The van der Waals surface area contributed by atoms with Crippen LogP contribution in [0.2, 0.25) is 0 Å². The molecule has 0 spiro atoms. The number of nitrogens with one attached hydrogen (secondary N) is 1. The van der Waals surface area contributed by atoms with E-state index in [9.17, 15) is 23.3 Å². The molecule has 0 atom stereocenters. The van der Waals surface area contributed by atoms with Crippen molar-refractivity contribution in [1.82, 2.24) is 4.31 Å². The number of carbonyl (C=O) groups excluding carboxylic acids is 1. The number of anilines is 2. The van der Waals surface area contributed by atoms with Gasteiger partial charge in [-0.25, -0.2) is 8.42 Å². The average Bonchev–Trinajstić information content (AvgIpc) is 2.68. The van der Waals surface area contributed by atoms with E-state index in [2.05, 4.69) is 16.3 Å². The monoisotopic (exact) mass is 418 g/mol. The van der Waals surface area contributed by atoms with E-state index in [1.54, 1.807) is 0 Å². The summed E-state index contributed by atoms with van der Waals surface area (Å²) in [5.74, 6) is -1.44. The van der Waals surface area contributed by atoms with Crippen molar-refractivity contribution < 1.29 is 18.1 Å². The van der Waals surface area contributed by atoms with Crippen LogP contribution in [-0.4, -0.2) is 55.5 Å². The van der Waals surface area contributed by atoms with E-state index in [0.29, 0.717) is 26.2 Å². The van der Waals surface area contributed by atoms with Crippen LogP contribution in [0.5, 0.6) is 0 Å². The molecule has 29 heavy (non-hydrogen) atoms. The molecule has 0 bridgehead atoms. The summed E-state index contributed by atoms with van der Waals surface area (Å²) < 4.78 is 26.5. The molecule has 1 amide bonds. The molecule has 1 aliphatic rings. The normalized spacial score (nSPS) is 15.1. The molecular formula is C19H22N4O5S. The Bertz CT molecular complexity index is 1020. The molecule has 3 rings (SSSR count). The van der Waals surface area contributed by atoms with Gasteiger partial charge in [0.1, 0.15) is 5.75 Å². The molecule has 9 nitrogen and oxygen atoms in total. The number of hydrogen-bond acceptors (Lipinski definition) is 6. The second-order valence-corrected chi connectivity index (χ2v) is 8.81. The van der Waals surface area contributed by atoms with E-state index in [1.807, 2.05) is 25.1 Å². The first-order valence-corrected chi connectivity index (χ1v) is 10.7. The third-order valence-electron chi connectivity index (χ3n) is 4.65. The van der Waals surface area contributed by atoms with E-state index in [1.165, 1.54) is 28.6 Å². The van der Waals surface area contributed by atoms with Crippen molar-refractivity contribution in [3.63, 3.8) is 0 Å². The number of nitrogens with zero attached hydrogens (tertiary/aromatic N) is 3. The molecule has 2 aromatic carbocycles. The van der Waals surface area contributed by atoms with Crippen LogP contribution in [0.1, 0.15) is 5.56 Å². The summed E-state index contributed by atoms with van der Waals surface area (Å²) in [4.78, 5) is 24.5. The molecule has 1 saturated heterocycles. The second kappa shape index (κ2) is 8.58. The molecule has 0 unspecified atom stereocenters. The van der Waals surface area contributed by atoms with Gasteiger partial charge in [-0.3, -0.25) is 14.9 Å². The van der Waals surface area contributed by atoms with Gasteiger partial charge in [0.2, 0.25) is 15.9 Å². The minimum atomic E-state index is -3.78. The van der Waals surface area contributed by atoms with E-state index in [0.717, 1.165) is 11.3 Å². The van der Waals surface area contributed by atoms with Gasteiger partial charge in [0.05, 0.1) is 4.92 Å². The molecule has 1 fully saturated rings. The Kier molecular flexibility index (Phi) is 6.14. The molecule has 2 aromatic rings. The Labute approximate surface area is 169 Å². The van der Waals surface area contributed by atoms with Crippen molar-refractivity contribution in [2.24, 2.45) is 0 Å². The Morgan fingerprint density at radius 2 is 1.79 bits per heavy atom. The molecule has 154 valence electrons. The molecule has 1 aliphatic heterocycles. The zero-order chi connectivity index (χ0) is 21.0. The van der Waals surface area contributed by atoms with Crippen molar-refractivity contribution >= 4 is 33.0 Å². The maximum atomic E-state index is 12.6. The average molecular weight is 418 g/mol. The van der Waals surface area contributed by atoms with Gasteiger partial charge in [0.15, 0.2) is 0 Å². The zero-order valence-corrected chi connectivity index (χ0v) is 16.8. The lowest BCUT2D eigenvalue weighted by Crippen LogP contribution is -2.50. The number of non-ortho nitro benzene ring substituents is 1. The SMILES string of the molecule is Cc1cccc(N2CCN(S(=O)(=O)CC(=O)Nc3cccc([N+](=O)[O-])c3)CC2)c1. The summed E-state index contributed by atoms with van der Waals surface area (Å²) in [5.41, 5.74) is 2.18. The molecule has 1 N–H and O–H groups in total. The summed E-state index contributed by atoms with van der Waals surface area (Å²) >= 11 is 0. The number of carbonyl (C=O) groups is 1. The number of rotatable bonds is 6. The van der Waals surface area contributed by atoms with Crippen LogP contribution < -0.4 is 10.2 Å². The number of piperazine rings is 1. The van der Waals surface area contributed by atoms with Crippen LogP contribution in [0.4, 0.5) is 17.1 Å². The number of amides is 1. The minimum Gasteiger partial charge on any atom is -0.369 e. The number of nitro benzene ring substituents is 1. The Hall–Kier alpha value is -2.98. The van der Waals surface area contributed by atoms with Crippen LogP contribution in [0.25, 0.3) is 0 Å². The summed E-state index contributed by atoms with van der Waals surface area (Å²) in [6.07, 6.45) is 0. The summed E-state index contributed by atoms with van der Waals surface area (Å²) in [7, 11) is -3.78. The first-order valence-electron chi connectivity index (χ1n) is 9.08. The topological polar surface area (TPSA) is 113 Å². The first-order chi connectivity index (χ1) is 13.7. The van der Waals surface area contributed by atoms with E-state index < -0.39 is 26.6 Å². The smallest absolute Gasteiger partial charge is 0.271 e. The van der Waals surface area contributed by atoms with Gasteiger partial charge in [-0.2, -0.15) is 4.31 Å². The Morgan fingerprint density at radius 3 is 2.45 bits per heavy atom. The third kappa shape index (κ3) is 5.30. The number of hydrogen-bond donors (Lipinski definition) is 1. The fraction of sp³-hybridized carbons (Fsp3) is 0.316. The van der Waals surface area contributed by atoms with Crippen LogP contribution in [0.15, 0.2) is 48.5 Å². The number of sulfonamides is 1. The van der Waals surface area contributed by atoms with E-state index >= 15 is 0 Å². The predicted octanol–water partition coefficient (Wildman–Crippen LogP) is 1.99. The van der Waals surface area contributed by atoms with Crippen molar-refractivity contribution in [2.45, 2.75) is 6.92 Å². The largest absolute Gasteiger partial charge is 0.369 e. The predicted molar refractivity (Wildman–Crippen MR) is 110 cm³/mol. The van der Waals surface area contributed by atoms with Gasteiger partial charge in [-0.1, -0.05) is 18.2 Å². The van der Waals surface area contributed by atoms with Crippen LogP contribution in [-0.2, 0) is 14.8 Å². The van der Waals surface area contributed by atoms with Crippen LogP contribution in [0.3, 0.4) is 0 Å². The van der Waals surface area contributed by atoms with Gasteiger partial charge < -0.3 is 10.2 Å². The van der Waals surface area contributed by atoms with Crippen molar-refractivity contribution in [3.8, 4) is 0 Å². The fourth-order valence-corrected chi connectivity index (χ4v) is 4.51. The molecule has 0 aliphatic carbocycles. The quantitative estimate of drug-likeness (QED) is 0.567. The number of aryl methyl sites for hydroxylation is 1. The van der Waals surface area contributed by atoms with Gasteiger partial charge in [0, 0.05) is 49.7 Å². The molecule has 0 radical (unpaired) electrons. The third-order valence-corrected chi connectivity index (χ3v) is 6.43. The van der Waals surface area contributed by atoms with E-state index in [-0.39, 0.29) is 11.4 Å². The molecule has 1 heterocycles. The van der Waals surface area contributed by atoms with Gasteiger partial charge >= 0.3 is 0 Å². The van der Waals surface area contributed by atoms with Crippen molar-refractivity contribution in [1.29, 1.82) is 0 Å². The van der Waals surface area contributed by atoms with Gasteiger partial charge in [-0.05, 0) is 30.7 Å². The zero-order valence-electron chi connectivity index (χ0n) is 15.9. The van der Waals surface area contributed by atoms with Gasteiger partial charge in [0.25, 0.3) is 5.69 Å². The summed E-state index contributed by atoms with van der Waals surface area (Å²) in [6.45, 7) is 3.66. The highest BCUT2D eigenvalue weighted by atomic mass is 32.2. The van der Waals surface area contributed by atoms with Crippen LogP contribution in [0, 0.1) is 17.0 Å². The highest BCUT2D eigenvalue weighted by Gasteiger charge is 2.29. The minimum absolute atomic E-state index is 0.182. The lowest BCUT2D eigenvalue weighted by molar-refractivity contribution is -0.384. The fourth-order valence-electron chi connectivity index (χ4n) is 3.20. The summed E-state index contributed by atoms with van der Waals surface area (Å²) in [6, 6.07) is 13.4. The number of nitro groups is 1. The molecule has 0 saturated carbocycles. The maximum absolute atomic E-state index is 12.6. The Balaban J connectivity index is 1.58. The highest BCUT2D eigenvalue weighted by molar-refractivity contribution is 7.89. The molecule has 0 aromatic heterocycles. The van der Waals surface area contributed by atoms with Crippen molar-refractivity contribution in [3.05, 3.63) is 64.2 Å². The number of benzene rings is 2. The maximum Gasteiger partial charge on any atom is 0.271 e. The van der Waals surface area contributed by atoms with E-state index in [4.69, 9.17) is 0 Å². The molecular weight excluding hydrogens is 396 g/mol. The highest BCUT2D eigenvalue weighted by Crippen LogP contribution is 2.20.